The molecule has 2 fully saturated rings. The monoisotopic (exact) mass is 569 g/mol. The number of ether oxygens (including phenoxy) is 3. The lowest BCUT2D eigenvalue weighted by Gasteiger charge is -2.15. The van der Waals surface area contributed by atoms with Gasteiger partial charge >= 0.3 is 0 Å². The lowest BCUT2D eigenvalue weighted by molar-refractivity contribution is 0.00706. The fourth-order valence-corrected chi connectivity index (χ4v) is 6.28. The van der Waals surface area contributed by atoms with Crippen molar-refractivity contribution in [2.45, 2.75) is 31.3 Å². The number of nitrogens with one attached hydrogen (secondary N) is 2. The Hall–Kier alpha value is -3.22. The smallest absolute Gasteiger partial charge is 0.296 e. The topological polar surface area (TPSA) is 131 Å². The number of aliphatic hydroxyl groups is 1. The second kappa shape index (κ2) is 10.4. The van der Waals surface area contributed by atoms with Crippen LogP contribution < -0.4 is 9.46 Å². The summed E-state index contributed by atoms with van der Waals surface area (Å²) in [7, 11) is -2.46. The Morgan fingerprint density at radius 1 is 1.08 bits per heavy atom. The summed E-state index contributed by atoms with van der Waals surface area (Å²) in [4.78, 5) is 12.3. The zero-order chi connectivity index (χ0) is 27.1. The summed E-state index contributed by atoms with van der Waals surface area (Å²) in [6.45, 7) is 2.89. The molecule has 204 valence electrons. The Morgan fingerprint density at radius 2 is 1.74 bits per heavy atom. The fourth-order valence-electron chi connectivity index (χ4n) is 4.89. The number of halogens is 1. The van der Waals surface area contributed by atoms with E-state index in [9.17, 15) is 9.32 Å². The maximum Gasteiger partial charge on any atom is 0.296 e. The van der Waals surface area contributed by atoms with Crippen LogP contribution in [-0.2, 0) is 19.4 Å². The molecule has 10 nitrogen and oxygen atoms in total. The number of aromatic amines is 1. The van der Waals surface area contributed by atoms with E-state index in [1.807, 2.05) is 55.5 Å². The standard InChI is InChI=1S/C27H28ClN5O5S/c1-3-29-39(2,35)33-18-10-8-16(9-11-18)15-4-6-17(7-5-15)23-19(28)12-20-26(31-23)32-27(30-20)38-22-14-37-24-21(34)13-36-25(22)24/h4-12,21-22,24-25,34H,3,13-14H2,1-2H3,(H,29,33,35)(H,30,31,32)/t21-,22-,24-,25-,39?/m1/s1. The van der Waals surface area contributed by atoms with Gasteiger partial charge in [0.2, 0.25) is 0 Å². The molecule has 1 unspecified atom stereocenters. The lowest BCUT2D eigenvalue weighted by atomic mass is 10.0. The van der Waals surface area contributed by atoms with Crippen LogP contribution in [-0.4, -0.2) is 74.7 Å². The zero-order valence-electron chi connectivity index (χ0n) is 21.3. The van der Waals surface area contributed by atoms with Crippen LogP contribution in [0, 0.1) is 0 Å². The Labute approximate surface area is 231 Å². The van der Waals surface area contributed by atoms with E-state index in [-0.39, 0.29) is 24.9 Å². The van der Waals surface area contributed by atoms with Crippen LogP contribution in [0.4, 0.5) is 5.69 Å². The molecule has 2 aromatic heterocycles. The molecule has 2 aliphatic rings. The third-order valence-corrected chi connectivity index (χ3v) is 8.36. The maximum absolute atomic E-state index is 12.4. The van der Waals surface area contributed by atoms with E-state index in [0.717, 1.165) is 22.4 Å². The second-order valence-corrected chi connectivity index (χ2v) is 12.0. The molecule has 0 aliphatic carbocycles. The third-order valence-electron chi connectivity index (χ3n) is 6.71. The highest BCUT2D eigenvalue weighted by Gasteiger charge is 2.48. The van der Waals surface area contributed by atoms with Crippen molar-refractivity contribution in [1.82, 2.24) is 15.0 Å². The summed E-state index contributed by atoms with van der Waals surface area (Å²) < 4.78 is 36.7. The predicted molar refractivity (Wildman–Crippen MR) is 150 cm³/mol. The lowest BCUT2D eigenvalue weighted by Crippen LogP contribution is -2.34. The Balaban J connectivity index is 1.19. The number of hydrogen-bond acceptors (Lipinski definition) is 8. The first-order chi connectivity index (χ1) is 18.8. The fraction of sp³-hybridized carbons (Fsp3) is 0.333. The Kier molecular flexibility index (Phi) is 6.94. The van der Waals surface area contributed by atoms with Gasteiger partial charge in [0.05, 0.1) is 29.4 Å². The predicted octanol–water partition coefficient (Wildman–Crippen LogP) is 4.30. The van der Waals surface area contributed by atoms with E-state index >= 15 is 0 Å². The number of imidazole rings is 1. The van der Waals surface area contributed by atoms with Gasteiger partial charge in [-0.3, -0.25) is 4.72 Å². The molecular formula is C27H28ClN5O5S. The van der Waals surface area contributed by atoms with Gasteiger partial charge in [0.25, 0.3) is 6.01 Å². The van der Waals surface area contributed by atoms with Gasteiger partial charge in [-0.15, -0.1) is 0 Å². The van der Waals surface area contributed by atoms with Crippen molar-refractivity contribution in [2.24, 2.45) is 4.36 Å². The molecule has 0 bridgehead atoms. The van der Waals surface area contributed by atoms with Gasteiger partial charge in [-0.1, -0.05) is 48.0 Å². The van der Waals surface area contributed by atoms with Crippen molar-refractivity contribution < 1.29 is 23.5 Å². The molecule has 4 aromatic rings. The summed E-state index contributed by atoms with van der Waals surface area (Å²) in [5.74, 6) is 0. The minimum absolute atomic E-state index is 0.231. The highest BCUT2D eigenvalue weighted by molar-refractivity contribution is 7.94. The molecule has 5 atom stereocenters. The van der Waals surface area contributed by atoms with Gasteiger partial charge in [-0.25, -0.2) is 13.6 Å². The van der Waals surface area contributed by atoms with E-state index < -0.39 is 16.0 Å². The van der Waals surface area contributed by atoms with Crippen LogP contribution in [0.1, 0.15) is 6.92 Å². The molecule has 0 amide bonds. The van der Waals surface area contributed by atoms with Gasteiger partial charge in [-0.05, 0) is 36.2 Å². The summed E-state index contributed by atoms with van der Waals surface area (Å²) in [6.07, 6.45) is -0.152. The maximum atomic E-state index is 12.4. The number of anilines is 1. The van der Waals surface area contributed by atoms with Gasteiger partial charge in [0.15, 0.2) is 11.8 Å². The highest BCUT2D eigenvalue weighted by Crippen LogP contribution is 2.33. The van der Waals surface area contributed by atoms with Crippen LogP contribution in [0.25, 0.3) is 33.5 Å². The summed E-state index contributed by atoms with van der Waals surface area (Å²) in [5, 5.41) is 10.4. The molecule has 2 saturated heterocycles. The van der Waals surface area contributed by atoms with E-state index in [0.29, 0.717) is 41.0 Å². The van der Waals surface area contributed by atoms with Crippen molar-refractivity contribution in [1.29, 1.82) is 0 Å². The van der Waals surface area contributed by atoms with E-state index in [2.05, 4.69) is 24.0 Å². The second-order valence-electron chi connectivity index (χ2n) is 9.56. The molecule has 39 heavy (non-hydrogen) atoms. The minimum Gasteiger partial charge on any atom is -0.456 e. The number of aromatic nitrogens is 3. The number of aliphatic hydroxyl groups excluding tert-OH is 1. The van der Waals surface area contributed by atoms with E-state index in [4.69, 9.17) is 25.8 Å². The zero-order valence-corrected chi connectivity index (χ0v) is 22.9. The van der Waals surface area contributed by atoms with Crippen molar-refractivity contribution in [3.05, 3.63) is 59.6 Å². The number of rotatable bonds is 7. The van der Waals surface area contributed by atoms with Crippen LogP contribution in [0.2, 0.25) is 5.02 Å². The number of hydrogen-bond donors (Lipinski definition) is 3. The molecule has 0 saturated carbocycles. The van der Waals surface area contributed by atoms with Crippen molar-refractivity contribution in [3.8, 4) is 28.4 Å². The molecule has 6 rings (SSSR count). The van der Waals surface area contributed by atoms with Crippen LogP contribution in [0.15, 0.2) is 59.0 Å². The van der Waals surface area contributed by atoms with Crippen molar-refractivity contribution >= 4 is 38.4 Å². The van der Waals surface area contributed by atoms with Gasteiger partial charge in [0, 0.05) is 24.1 Å². The van der Waals surface area contributed by atoms with E-state index in [1.54, 1.807) is 12.3 Å². The van der Waals surface area contributed by atoms with Crippen molar-refractivity contribution in [2.75, 3.05) is 30.7 Å². The highest BCUT2D eigenvalue weighted by atomic mass is 35.5. The minimum atomic E-state index is -2.46. The molecule has 0 radical (unpaired) electrons. The number of fused-ring (bicyclic) bond motifs is 2. The number of nitrogens with zero attached hydrogens (tertiary/aromatic N) is 3. The first-order valence-corrected chi connectivity index (χ1v) is 14.9. The van der Waals surface area contributed by atoms with Crippen molar-refractivity contribution in [3.63, 3.8) is 0 Å². The largest absolute Gasteiger partial charge is 0.456 e. The Bertz CT molecular complexity index is 1620. The molecule has 3 N–H and O–H groups in total. The summed E-state index contributed by atoms with van der Waals surface area (Å²) in [6, 6.07) is 17.7. The quantitative estimate of drug-likeness (QED) is 0.302. The normalized spacial score (nSPS) is 23.9. The average molecular weight is 570 g/mol. The Morgan fingerprint density at radius 3 is 2.46 bits per heavy atom. The van der Waals surface area contributed by atoms with Crippen LogP contribution in [0.3, 0.4) is 0 Å². The van der Waals surface area contributed by atoms with E-state index in [1.165, 1.54) is 0 Å². The molecule has 2 aromatic carbocycles. The van der Waals surface area contributed by atoms with Gasteiger partial charge in [0.1, 0.15) is 28.2 Å². The SMILES string of the molecule is CCN=S(C)(=O)Nc1ccc(-c2ccc(-c3nc4nc(O[C@@H]5CO[C@H]6[C@@H]5OC[C@H]6O)[nH]c4cc3Cl)cc2)cc1. The molecule has 2 aliphatic heterocycles. The molecule has 0 spiro atoms. The average Bonchev–Trinajstić information content (AvgIpc) is 3.60. The molecular weight excluding hydrogens is 542 g/mol. The number of H-pyrrole nitrogens is 1. The summed E-state index contributed by atoms with van der Waals surface area (Å²) >= 11 is 6.60. The first-order valence-electron chi connectivity index (χ1n) is 12.6. The van der Waals surface area contributed by atoms with Gasteiger partial charge in [-0.2, -0.15) is 4.98 Å². The number of benzene rings is 2. The van der Waals surface area contributed by atoms with Gasteiger partial charge < -0.3 is 24.3 Å². The first kappa shape index (κ1) is 26.0. The number of pyridine rings is 1. The van der Waals surface area contributed by atoms with Crippen LogP contribution in [0.5, 0.6) is 6.01 Å². The molecule has 12 heteroatoms. The van der Waals surface area contributed by atoms with Crippen LogP contribution >= 0.6 is 11.6 Å². The molecule has 4 heterocycles. The third kappa shape index (κ3) is 5.32. The summed E-state index contributed by atoms with van der Waals surface area (Å²) in [5.41, 5.74) is 5.36.